The lowest BCUT2D eigenvalue weighted by molar-refractivity contribution is -0.126. The molecule has 5 nitrogen and oxygen atoms in total. The molecule has 0 aromatic heterocycles. The van der Waals surface area contributed by atoms with Gasteiger partial charge in [0.25, 0.3) is 0 Å². The Hall–Kier alpha value is -0.650. The Morgan fingerprint density at radius 1 is 1.33 bits per heavy atom. The molecule has 1 N–H and O–H groups in total. The maximum Gasteiger partial charge on any atom is 0.246 e. The quantitative estimate of drug-likeness (QED) is 0.676. The summed E-state index contributed by atoms with van der Waals surface area (Å²) in [5.74, 6) is -0.0359. The Kier molecular flexibility index (Phi) is 6.60. The van der Waals surface area contributed by atoms with Crippen molar-refractivity contribution in [3.63, 3.8) is 0 Å². The number of carbonyl (C=O) groups excluding carboxylic acids is 1. The average Bonchev–Trinajstić information content (AvgIpc) is 2.36. The summed E-state index contributed by atoms with van der Waals surface area (Å²) in [6.07, 6.45) is 2.27. The van der Waals surface area contributed by atoms with Crippen molar-refractivity contribution in [2.45, 2.75) is 19.8 Å². The van der Waals surface area contributed by atoms with Crippen LogP contribution in [-0.2, 0) is 14.3 Å². The molecule has 0 atom stereocenters. The second-order valence-electron chi connectivity index (χ2n) is 5.44. The number of nitrogens with zero attached hydrogens (tertiary/aromatic N) is 1. The first kappa shape index (κ1) is 15.4. The SMILES string of the molecule is COCCOCC(=O)NCC1(C)CCN(C)CC1. The smallest absolute Gasteiger partial charge is 0.246 e. The van der Waals surface area contributed by atoms with Gasteiger partial charge in [0.15, 0.2) is 0 Å². The van der Waals surface area contributed by atoms with E-state index in [4.69, 9.17) is 9.47 Å². The third-order valence-electron chi connectivity index (χ3n) is 3.57. The van der Waals surface area contributed by atoms with E-state index in [1.807, 2.05) is 0 Å². The van der Waals surface area contributed by atoms with Crippen LogP contribution in [0.25, 0.3) is 0 Å². The third-order valence-corrected chi connectivity index (χ3v) is 3.57. The summed E-state index contributed by atoms with van der Waals surface area (Å²) in [5.41, 5.74) is 0.231. The summed E-state index contributed by atoms with van der Waals surface area (Å²) >= 11 is 0. The fourth-order valence-electron chi connectivity index (χ4n) is 2.01. The van der Waals surface area contributed by atoms with Crippen LogP contribution in [0, 0.1) is 5.41 Å². The van der Waals surface area contributed by atoms with Crippen LogP contribution in [0.15, 0.2) is 0 Å². The van der Waals surface area contributed by atoms with Crippen LogP contribution in [0.3, 0.4) is 0 Å². The molecule has 0 aromatic rings. The van der Waals surface area contributed by atoms with Crippen LogP contribution in [0.1, 0.15) is 19.8 Å². The maximum absolute atomic E-state index is 11.6. The van der Waals surface area contributed by atoms with E-state index < -0.39 is 0 Å². The van der Waals surface area contributed by atoms with Gasteiger partial charge in [0, 0.05) is 13.7 Å². The van der Waals surface area contributed by atoms with Crippen molar-refractivity contribution in [1.29, 1.82) is 0 Å². The van der Waals surface area contributed by atoms with E-state index in [9.17, 15) is 4.79 Å². The molecule has 0 saturated carbocycles. The fourth-order valence-corrected chi connectivity index (χ4v) is 2.01. The minimum Gasteiger partial charge on any atom is -0.382 e. The van der Waals surface area contributed by atoms with Crippen LogP contribution >= 0.6 is 0 Å². The summed E-state index contributed by atoms with van der Waals surface area (Å²) in [7, 11) is 3.76. The number of methoxy groups -OCH3 is 1. The molecular weight excluding hydrogens is 232 g/mol. The Bertz CT molecular complexity index is 251. The zero-order valence-electron chi connectivity index (χ0n) is 11.8. The van der Waals surface area contributed by atoms with Gasteiger partial charge in [-0.1, -0.05) is 6.92 Å². The highest BCUT2D eigenvalue weighted by atomic mass is 16.5. The highest BCUT2D eigenvalue weighted by Crippen LogP contribution is 2.29. The number of hydrogen-bond donors (Lipinski definition) is 1. The summed E-state index contributed by atoms with van der Waals surface area (Å²) < 4.78 is 10.0. The van der Waals surface area contributed by atoms with Gasteiger partial charge in [-0.2, -0.15) is 0 Å². The van der Waals surface area contributed by atoms with Crippen LogP contribution in [0.4, 0.5) is 0 Å². The molecule has 18 heavy (non-hydrogen) atoms. The molecule has 1 amide bonds. The lowest BCUT2D eigenvalue weighted by Gasteiger charge is -2.37. The summed E-state index contributed by atoms with van der Waals surface area (Å²) in [5, 5.41) is 2.96. The standard InChI is InChI=1S/C13H26N2O3/c1-13(4-6-15(2)7-5-13)11-14-12(16)10-18-9-8-17-3/h4-11H2,1-3H3,(H,14,16). The number of ether oxygens (including phenoxy) is 2. The number of likely N-dealkylation sites (tertiary alicyclic amines) is 1. The highest BCUT2D eigenvalue weighted by molar-refractivity contribution is 5.77. The normalized spacial score (nSPS) is 19.7. The molecular formula is C13H26N2O3. The first-order valence-electron chi connectivity index (χ1n) is 6.58. The topological polar surface area (TPSA) is 50.8 Å². The van der Waals surface area contributed by atoms with E-state index in [1.165, 1.54) is 0 Å². The van der Waals surface area contributed by atoms with Crippen molar-refractivity contribution in [3.05, 3.63) is 0 Å². The van der Waals surface area contributed by atoms with E-state index in [0.717, 1.165) is 32.5 Å². The first-order chi connectivity index (χ1) is 8.56. The number of nitrogens with one attached hydrogen (secondary N) is 1. The third kappa shape index (κ3) is 5.80. The monoisotopic (exact) mass is 258 g/mol. The fraction of sp³-hybridized carbons (Fsp3) is 0.923. The number of rotatable bonds is 7. The minimum atomic E-state index is -0.0359. The molecule has 0 aromatic carbocycles. The van der Waals surface area contributed by atoms with E-state index >= 15 is 0 Å². The largest absolute Gasteiger partial charge is 0.382 e. The second kappa shape index (κ2) is 7.71. The molecule has 0 radical (unpaired) electrons. The molecule has 0 unspecified atom stereocenters. The number of piperidine rings is 1. The van der Waals surface area contributed by atoms with Crippen molar-refractivity contribution in [3.8, 4) is 0 Å². The van der Waals surface area contributed by atoms with Crippen molar-refractivity contribution in [1.82, 2.24) is 10.2 Å². The Morgan fingerprint density at radius 3 is 2.61 bits per heavy atom. The molecule has 1 aliphatic rings. The van der Waals surface area contributed by atoms with Gasteiger partial charge in [0.05, 0.1) is 13.2 Å². The van der Waals surface area contributed by atoms with E-state index in [1.54, 1.807) is 7.11 Å². The lowest BCUT2D eigenvalue weighted by atomic mass is 9.80. The van der Waals surface area contributed by atoms with E-state index in [0.29, 0.717) is 13.2 Å². The van der Waals surface area contributed by atoms with Crippen LogP contribution in [0.5, 0.6) is 0 Å². The van der Waals surface area contributed by atoms with Gasteiger partial charge < -0.3 is 19.7 Å². The van der Waals surface area contributed by atoms with Gasteiger partial charge in [-0.3, -0.25) is 4.79 Å². The summed E-state index contributed by atoms with van der Waals surface area (Å²) in [4.78, 5) is 13.9. The van der Waals surface area contributed by atoms with Gasteiger partial charge in [0.1, 0.15) is 6.61 Å². The molecule has 5 heteroatoms. The molecule has 0 bridgehead atoms. The molecule has 106 valence electrons. The predicted molar refractivity (Wildman–Crippen MR) is 70.5 cm³/mol. The molecule has 1 heterocycles. The molecule has 1 fully saturated rings. The minimum absolute atomic E-state index is 0.0359. The van der Waals surface area contributed by atoms with E-state index in [2.05, 4.69) is 24.2 Å². The number of amides is 1. The first-order valence-corrected chi connectivity index (χ1v) is 6.58. The predicted octanol–water partition coefficient (Wildman–Crippen LogP) is 0.498. The van der Waals surface area contributed by atoms with Crippen molar-refractivity contribution in [2.24, 2.45) is 5.41 Å². The van der Waals surface area contributed by atoms with E-state index in [-0.39, 0.29) is 17.9 Å². The van der Waals surface area contributed by atoms with Crippen LogP contribution in [0.2, 0.25) is 0 Å². The summed E-state index contributed by atoms with van der Waals surface area (Å²) in [6.45, 7) is 6.31. The maximum atomic E-state index is 11.6. The van der Waals surface area contributed by atoms with Crippen molar-refractivity contribution in [2.75, 3.05) is 53.6 Å². The van der Waals surface area contributed by atoms with Crippen LogP contribution < -0.4 is 5.32 Å². The Balaban J connectivity index is 2.13. The molecule has 1 saturated heterocycles. The average molecular weight is 258 g/mol. The summed E-state index contributed by atoms with van der Waals surface area (Å²) in [6, 6.07) is 0. The molecule has 0 aliphatic carbocycles. The Morgan fingerprint density at radius 2 is 2.00 bits per heavy atom. The number of carbonyl (C=O) groups is 1. The van der Waals surface area contributed by atoms with Crippen molar-refractivity contribution >= 4 is 5.91 Å². The molecule has 0 spiro atoms. The van der Waals surface area contributed by atoms with Gasteiger partial charge >= 0.3 is 0 Å². The lowest BCUT2D eigenvalue weighted by Crippen LogP contribution is -2.44. The van der Waals surface area contributed by atoms with Crippen molar-refractivity contribution < 1.29 is 14.3 Å². The van der Waals surface area contributed by atoms with Gasteiger partial charge in [0.2, 0.25) is 5.91 Å². The molecule has 1 rings (SSSR count). The number of hydrogen-bond acceptors (Lipinski definition) is 4. The Labute approximate surface area is 110 Å². The van der Waals surface area contributed by atoms with Crippen LogP contribution in [-0.4, -0.2) is 64.4 Å². The van der Waals surface area contributed by atoms with Gasteiger partial charge in [-0.15, -0.1) is 0 Å². The zero-order valence-corrected chi connectivity index (χ0v) is 11.8. The second-order valence-corrected chi connectivity index (χ2v) is 5.44. The van der Waals surface area contributed by atoms with Gasteiger partial charge in [-0.05, 0) is 38.4 Å². The zero-order chi connectivity index (χ0) is 13.4. The highest BCUT2D eigenvalue weighted by Gasteiger charge is 2.28. The van der Waals surface area contributed by atoms with Gasteiger partial charge in [-0.25, -0.2) is 0 Å². The molecule has 1 aliphatic heterocycles.